The minimum atomic E-state index is 0.858. The first kappa shape index (κ1) is 21.0. The van der Waals surface area contributed by atoms with Gasteiger partial charge in [-0.15, -0.1) is 0 Å². The van der Waals surface area contributed by atoms with Crippen LogP contribution in [0.5, 0.6) is 0 Å². The molecule has 5 aromatic rings. The highest BCUT2D eigenvalue weighted by Gasteiger charge is 2.29. The van der Waals surface area contributed by atoms with Gasteiger partial charge in [0.25, 0.3) is 5.65 Å². The lowest BCUT2D eigenvalue weighted by molar-refractivity contribution is -0.649. The molecule has 4 heterocycles. The molecule has 0 N–H and O–H groups in total. The topological polar surface area (TPSA) is 66.9 Å². The Morgan fingerprint density at radius 2 is 1.23 bits per heavy atom. The summed E-state index contributed by atoms with van der Waals surface area (Å²) in [7, 11) is 8.06. The van der Waals surface area contributed by atoms with Crippen LogP contribution in [0.1, 0.15) is 5.82 Å². The van der Waals surface area contributed by atoms with Crippen molar-refractivity contribution in [3.05, 3.63) is 84.5 Å². The van der Waals surface area contributed by atoms with Crippen LogP contribution in [0.2, 0.25) is 0 Å². The molecule has 0 atom stereocenters. The first-order chi connectivity index (χ1) is 17.0. The monoisotopic (exact) mass is 461 g/mol. The zero-order chi connectivity index (χ0) is 24.1. The van der Waals surface area contributed by atoms with E-state index in [0.29, 0.717) is 0 Å². The van der Waals surface area contributed by atoms with Crippen LogP contribution in [-0.4, -0.2) is 38.6 Å². The average Bonchev–Trinajstić information content (AvgIpc) is 3.25. The van der Waals surface area contributed by atoms with Gasteiger partial charge in [0.2, 0.25) is 5.82 Å². The highest BCUT2D eigenvalue weighted by Crippen LogP contribution is 2.37. The molecule has 6 rings (SSSR count). The Hall–Kier alpha value is -4.59. The Bertz CT molecular complexity index is 1600. The van der Waals surface area contributed by atoms with Crippen LogP contribution in [-0.2, 0) is 14.1 Å². The third-order valence-electron chi connectivity index (χ3n) is 6.43. The van der Waals surface area contributed by atoms with Gasteiger partial charge in [0.1, 0.15) is 11.3 Å². The van der Waals surface area contributed by atoms with Gasteiger partial charge in [-0.2, -0.15) is 0 Å². The van der Waals surface area contributed by atoms with Gasteiger partial charge in [0.15, 0.2) is 17.2 Å². The molecular formula is C27H25N8+. The predicted molar refractivity (Wildman–Crippen MR) is 140 cm³/mol. The van der Waals surface area contributed by atoms with Gasteiger partial charge in [-0.1, -0.05) is 47.5 Å². The van der Waals surface area contributed by atoms with Gasteiger partial charge in [-0.3, -0.25) is 0 Å². The largest absolute Gasteiger partial charge is 0.322 e. The maximum atomic E-state index is 4.81. The second-order valence-electron chi connectivity index (χ2n) is 8.58. The van der Waals surface area contributed by atoms with E-state index in [9.17, 15) is 0 Å². The second kappa shape index (κ2) is 8.02. The van der Waals surface area contributed by atoms with E-state index in [1.165, 1.54) is 0 Å². The average molecular weight is 462 g/mol. The molecule has 172 valence electrons. The van der Waals surface area contributed by atoms with E-state index in [4.69, 9.17) is 19.9 Å². The number of aryl methyl sites for hydroxylation is 2. The van der Waals surface area contributed by atoms with Crippen LogP contribution >= 0.6 is 0 Å². The zero-order valence-electron chi connectivity index (χ0n) is 20.1. The van der Waals surface area contributed by atoms with Gasteiger partial charge in [-0.05, 0) is 30.3 Å². The zero-order valence-corrected chi connectivity index (χ0v) is 20.1. The van der Waals surface area contributed by atoms with Gasteiger partial charge < -0.3 is 9.80 Å². The molecule has 8 heteroatoms. The predicted octanol–water partition coefficient (Wildman–Crippen LogP) is 3.89. The molecule has 0 radical (unpaired) electrons. The smallest absolute Gasteiger partial charge is 0.312 e. The number of allylic oxidation sites excluding steroid dienone is 4. The van der Waals surface area contributed by atoms with E-state index in [1.807, 2.05) is 94.9 Å². The van der Waals surface area contributed by atoms with Crippen molar-refractivity contribution in [3.63, 3.8) is 0 Å². The SMILES string of the molecule is CN1C(=CC=CC=Cc2n(C)c3nc4ccccc4nc3[n+]2C)N(C)c2nc3ccccc3nc21. The van der Waals surface area contributed by atoms with E-state index in [2.05, 4.69) is 31.1 Å². The molecule has 0 saturated heterocycles. The van der Waals surface area contributed by atoms with Crippen LogP contribution in [0.15, 0.2) is 78.7 Å². The van der Waals surface area contributed by atoms with Gasteiger partial charge in [0, 0.05) is 20.2 Å². The third kappa shape index (κ3) is 3.33. The highest BCUT2D eigenvalue weighted by molar-refractivity contribution is 5.85. The van der Waals surface area contributed by atoms with Crippen molar-refractivity contribution in [2.24, 2.45) is 14.1 Å². The Morgan fingerprint density at radius 1 is 0.686 bits per heavy atom. The Morgan fingerprint density at radius 3 is 1.83 bits per heavy atom. The van der Waals surface area contributed by atoms with Crippen molar-refractivity contribution < 1.29 is 4.57 Å². The number of fused-ring (bicyclic) bond motifs is 4. The molecule has 8 nitrogen and oxygen atoms in total. The lowest BCUT2D eigenvalue weighted by atomic mass is 10.3. The first-order valence-electron chi connectivity index (χ1n) is 11.4. The number of benzene rings is 2. The van der Waals surface area contributed by atoms with Crippen molar-refractivity contribution >= 4 is 51.1 Å². The molecule has 2 aromatic carbocycles. The van der Waals surface area contributed by atoms with Crippen LogP contribution in [0.3, 0.4) is 0 Å². The molecule has 0 bridgehead atoms. The summed E-state index contributed by atoms with van der Waals surface area (Å²) in [5, 5.41) is 0. The van der Waals surface area contributed by atoms with Crippen LogP contribution in [0.4, 0.5) is 11.6 Å². The summed E-state index contributed by atoms with van der Waals surface area (Å²) in [5.41, 5.74) is 5.29. The normalized spacial score (nSPS) is 13.9. The van der Waals surface area contributed by atoms with E-state index in [1.54, 1.807) is 0 Å². The van der Waals surface area contributed by atoms with Crippen LogP contribution < -0.4 is 14.4 Å². The summed E-state index contributed by atoms with van der Waals surface area (Å²) in [6.45, 7) is 0. The number of rotatable bonds is 3. The third-order valence-corrected chi connectivity index (χ3v) is 6.43. The molecule has 1 aliphatic heterocycles. The lowest BCUT2D eigenvalue weighted by Gasteiger charge is -2.16. The number of anilines is 2. The number of nitrogens with zero attached hydrogens (tertiary/aromatic N) is 8. The first-order valence-corrected chi connectivity index (χ1v) is 11.4. The Labute approximate surface area is 202 Å². The molecule has 35 heavy (non-hydrogen) atoms. The summed E-state index contributed by atoms with van der Waals surface area (Å²) in [5.74, 6) is 3.73. The van der Waals surface area contributed by atoms with Gasteiger partial charge >= 0.3 is 5.65 Å². The number of para-hydroxylation sites is 4. The Balaban J connectivity index is 1.27. The summed E-state index contributed by atoms with van der Waals surface area (Å²) in [4.78, 5) is 23.4. The lowest BCUT2D eigenvalue weighted by Crippen LogP contribution is -2.31. The standard InChI is InChI=1S/C27H25N8/c1-32-22(33(2)25-24(32)28-18-12-8-9-13-19(18)29-25)16-6-5-7-17-23-34(3)26-27(35(23)4)31-21-15-11-10-14-20(21)30-26/h5-17H,1-4H3/q+1. The van der Waals surface area contributed by atoms with Crippen molar-refractivity contribution in [2.75, 3.05) is 23.9 Å². The van der Waals surface area contributed by atoms with E-state index in [-0.39, 0.29) is 0 Å². The molecule has 0 fully saturated rings. The van der Waals surface area contributed by atoms with Crippen LogP contribution in [0, 0.1) is 0 Å². The molecule has 0 spiro atoms. The van der Waals surface area contributed by atoms with E-state index in [0.717, 1.165) is 56.6 Å². The number of hydrogen-bond acceptors (Lipinski definition) is 6. The number of aromatic nitrogens is 6. The minimum absolute atomic E-state index is 0.858. The summed E-state index contributed by atoms with van der Waals surface area (Å²) in [6.07, 6.45) is 10.2. The quantitative estimate of drug-likeness (QED) is 0.300. The van der Waals surface area contributed by atoms with Gasteiger partial charge in [-0.25, -0.2) is 24.1 Å². The highest BCUT2D eigenvalue weighted by atomic mass is 15.4. The van der Waals surface area contributed by atoms with E-state index < -0.39 is 0 Å². The molecule has 0 unspecified atom stereocenters. The van der Waals surface area contributed by atoms with Crippen molar-refractivity contribution in [3.8, 4) is 0 Å². The Kier molecular flexibility index (Phi) is 4.81. The van der Waals surface area contributed by atoms with Crippen LogP contribution in [0.25, 0.3) is 39.4 Å². The second-order valence-corrected chi connectivity index (χ2v) is 8.58. The minimum Gasteiger partial charge on any atom is -0.312 e. The summed E-state index contributed by atoms with van der Waals surface area (Å²) >= 11 is 0. The van der Waals surface area contributed by atoms with Gasteiger partial charge in [0.05, 0.1) is 25.1 Å². The molecule has 0 saturated carbocycles. The number of hydrogen-bond donors (Lipinski definition) is 0. The summed E-state index contributed by atoms with van der Waals surface area (Å²) < 4.78 is 4.13. The summed E-state index contributed by atoms with van der Waals surface area (Å²) in [6, 6.07) is 15.9. The fourth-order valence-corrected chi connectivity index (χ4v) is 4.54. The van der Waals surface area contributed by atoms with Crippen molar-refractivity contribution in [1.82, 2.24) is 24.5 Å². The molecule has 0 amide bonds. The van der Waals surface area contributed by atoms with Crippen molar-refractivity contribution in [2.45, 2.75) is 0 Å². The fraction of sp³-hybridized carbons (Fsp3) is 0.148. The number of imidazole rings is 1. The maximum absolute atomic E-state index is 4.81. The van der Waals surface area contributed by atoms with Crippen molar-refractivity contribution in [1.29, 1.82) is 0 Å². The molecule has 3 aromatic heterocycles. The molecule has 0 aliphatic carbocycles. The van der Waals surface area contributed by atoms with E-state index >= 15 is 0 Å². The molecular weight excluding hydrogens is 436 g/mol. The fourth-order valence-electron chi connectivity index (χ4n) is 4.54. The molecule has 1 aliphatic rings. The maximum Gasteiger partial charge on any atom is 0.322 e.